The zero-order valence-electron chi connectivity index (χ0n) is 24.5. The Kier molecular flexibility index (Phi) is 5.24. The first-order valence-corrected chi connectivity index (χ1v) is 15.1. The summed E-state index contributed by atoms with van der Waals surface area (Å²) in [5.41, 5.74) is 13.4. The molecule has 208 valence electrons. The van der Waals surface area contributed by atoms with Crippen LogP contribution in [0, 0.1) is 0 Å². The van der Waals surface area contributed by atoms with Gasteiger partial charge >= 0.3 is 0 Å². The van der Waals surface area contributed by atoms with Gasteiger partial charge in [-0.2, -0.15) is 0 Å². The highest BCUT2D eigenvalue weighted by Crippen LogP contribution is 2.49. The van der Waals surface area contributed by atoms with Gasteiger partial charge in [0.25, 0.3) is 0 Å². The molecule has 0 fully saturated rings. The average Bonchev–Trinajstić information content (AvgIpc) is 3.55. The second kappa shape index (κ2) is 9.23. The third kappa shape index (κ3) is 3.69. The van der Waals surface area contributed by atoms with E-state index in [4.69, 9.17) is 14.4 Å². The number of para-hydroxylation sites is 1. The van der Waals surface area contributed by atoms with Crippen molar-refractivity contribution < 1.29 is 4.42 Å². The molecule has 0 spiro atoms. The van der Waals surface area contributed by atoms with Gasteiger partial charge in [0.15, 0.2) is 5.82 Å². The van der Waals surface area contributed by atoms with Crippen molar-refractivity contribution in [3.8, 4) is 44.9 Å². The number of hydrogen-bond acceptors (Lipinski definition) is 3. The van der Waals surface area contributed by atoms with Gasteiger partial charge in [0.05, 0.1) is 11.2 Å². The van der Waals surface area contributed by atoms with Crippen LogP contribution in [0.2, 0.25) is 0 Å². The lowest BCUT2D eigenvalue weighted by molar-refractivity contribution is 0.660. The molecule has 3 heteroatoms. The molecule has 3 nitrogen and oxygen atoms in total. The summed E-state index contributed by atoms with van der Waals surface area (Å²) in [7, 11) is 0. The number of hydrogen-bond donors (Lipinski definition) is 0. The molecule has 0 saturated heterocycles. The molecule has 0 aliphatic heterocycles. The lowest BCUT2D eigenvalue weighted by Crippen LogP contribution is -2.14. The van der Waals surface area contributed by atoms with E-state index in [0.717, 1.165) is 49.7 Å². The predicted molar refractivity (Wildman–Crippen MR) is 181 cm³/mol. The van der Waals surface area contributed by atoms with Crippen molar-refractivity contribution in [1.29, 1.82) is 0 Å². The van der Waals surface area contributed by atoms with E-state index in [9.17, 15) is 0 Å². The van der Waals surface area contributed by atoms with Crippen molar-refractivity contribution in [1.82, 2.24) is 9.97 Å². The number of rotatable bonds is 3. The van der Waals surface area contributed by atoms with Crippen LogP contribution in [0.5, 0.6) is 0 Å². The fourth-order valence-corrected chi connectivity index (χ4v) is 7.00. The van der Waals surface area contributed by atoms with Crippen molar-refractivity contribution in [2.75, 3.05) is 0 Å². The fraction of sp³-hybridized carbons (Fsp3) is 0.0732. The monoisotopic (exact) mass is 564 g/mol. The van der Waals surface area contributed by atoms with Crippen LogP contribution in [0.15, 0.2) is 138 Å². The van der Waals surface area contributed by atoms with E-state index in [0.29, 0.717) is 5.82 Å². The van der Waals surface area contributed by atoms with Gasteiger partial charge in [-0.1, -0.05) is 105 Å². The number of aromatic nitrogens is 2. The van der Waals surface area contributed by atoms with Gasteiger partial charge < -0.3 is 4.42 Å². The minimum Gasteiger partial charge on any atom is -0.456 e. The Morgan fingerprint density at radius 2 is 1.11 bits per heavy atom. The number of nitrogens with zero attached hydrogens (tertiary/aromatic N) is 2. The fourth-order valence-electron chi connectivity index (χ4n) is 7.00. The molecule has 6 aromatic carbocycles. The second-order valence-corrected chi connectivity index (χ2v) is 12.2. The van der Waals surface area contributed by atoms with Crippen LogP contribution in [0.1, 0.15) is 25.0 Å². The van der Waals surface area contributed by atoms with Crippen LogP contribution in [0.3, 0.4) is 0 Å². The average molecular weight is 565 g/mol. The summed E-state index contributed by atoms with van der Waals surface area (Å²) >= 11 is 0. The van der Waals surface area contributed by atoms with Gasteiger partial charge in [-0.3, -0.25) is 0 Å². The van der Waals surface area contributed by atoms with Crippen molar-refractivity contribution in [2.45, 2.75) is 19.3 Å². The molecule has 8 aromatic rings. The summed E-state index contributed by atoms with van der Waals surface area (Å²) < 4.78 is 6.31. The Morgan fingerprint density at radius 3 is 1.95 bits per heavy atom. The Hall–Kier alpha value is -5.54. The number of furan rings is 1. The Labute approximate surface area is 255 Å². The molecule has 0 N–H and O–H groups in total. The zero-order valence-corrected chi connectivity index (χ0v) is 24.5. The first-order valence-electron chi connectivity index (χ1n) is 15.1. The Morgan fingerprint density at radius 1 is 0.477 bits per heavy atom. The topological polar surface area (TPSA) is 38.9 Å². The molecule has 0 radical (unpaired) electrons. The Bertz CT molecular complexity index is 2420. The molecule has 1 aliphatic rings. The largest absolute Gasteiger partial charge is 0.456 e. The van der Waals surface area contributed by atoms with E-state index in [2.05, 4.69) is 111 Å². The van der Waals surface area contributed by atoms with Gasteiger partial charge in [-0.15, -0.1) is 0 Å². The minimum atomic E-state index is -0.0399. The standard InChI is InChI=1S/C41H28N2O/c1-41(2)34-14-8-6-12-29(34)30-19-16-27(24-35(30)41)26-17-20-37-32(22-26)33-23-28(18-21-38(33)44-37)40-42-36-15-9-7-13-31(36)39(43-40)25-10-4-3-5-11-25/h3-24H,1-2H3. The molecule has 0 atom stereocenters. The summed E-state index contributed by atoms with van der Waals surface area (Å²) in [6, 6.07) is 47.0. The van der Waals surface area contributed by atoms with Crippen molar-refractivity contribution in [2.24, 2.45) is 0 Å². The molecule has 0 unspecified atom stereocenters. The lowest BCUT2D eigenvalue weighted by Gasteiger charge is -2.22. The maximum absolute atomic E-state index is 6.31. The Balaban J connectivity index is 1.18. The molecule has 0 bridgehead atoms. The van der Waals surface area contributed by atoms with Crippen LogP contribution in [-0.4, -0.2) is 9.97 Å². The summed E-state index contributed by atoms with van der Waals surface area (Å²) in [6.07, 6.45) is 0. The van der Waals surface area contributed by atoms with E-state index in [-0.39, 0.29) is 5.41 Å². The summed E-state index contributed by atoms with van der Waals surface area (Å²) in [4.78, 5) is 10.1. The molecule has 9 rings (SSSR count). The molecular weight excluding hydrogens is 536 g/mol. The minimum absolute atomic E-state index is 0.0399. The van der Waals surface area contributed by atoms with Crippen LogP contribution in [-0.2, 0) is 5.41 Å². The zero-order chi connectivity index (χ0) is 29.4. The van der Waals surface area contributed by atoms with E-state index in [1.807, 2.05) is 36.4 Å². The quantitative estimate of drug-likeness (QED) is 0.214. The molecule has 2 aromatic heterocycles. The lowest BCUT2D eigenvalue weighted by atomic mass is 9.81. The van der Waals surface area contributed by atoms with Crippen LogP contribution in [0.25, 0.3) is 77.7 Å². The summed E-state index contributed by atoms with van der Waals surface area (Å²) in [5.74, 6) is 0.704. The third-order valence-electron chi connectivity index (χ3n) is 9.29. The van der Waals surface area contributed by atoms with Gasteiger partial charge in [-0.25, -0.2) is 9.97 Å². The summed E-state index contributed by atoms with van der Waals surface area (Å²) in [5, 5.41) is 3.19. The van der Waals surface area contributed by atoms with Crippen LogP contribution >= 0.6 is 0 Å². The molecule has 1 aliphatic carbocycles. The molecule has 2 heterocycles. The van der Waals surface area contributed by atoms with E-state index in [1.54, 1.807) is 0 Å². The van der Waals surface area contributed by atoms with Gasteiger partial charge in [0, 0.05) is 32.7 Å². The number of fused-ring (bicyclic) bond motifs is 7. The van der Waals surface area contributed by atoms with Crippen LogP contribution < -0.4 is 0 Å². The highest BCUT2D eigenvalue weighted by molar-refractivity contribution is 6.07. The van der Waals surface area contributed by atoms with Gasteiger partial charge in [0.2, 0.25) is 0 Å². The van der Waals surface area contributed by atoms with Crippen molar-refractivity contribution in [3.63, 3.8) is 0 Å². The van der Waals surface area contributed by atoms with Crippen molar-refractivity contribution >= 4 is 32.8 Å². The molecular formula is C41H28N2O. The first kappa shape index (κ1) is 25.0. The second-order valence-electron chi connectivity index (χ2n) is 12.2. The summed E-state index contributed by atoms with van der Waals surface area (Å²) in [6.45, 7) is 4.65. The highest BCUT2D eigenvalue weighted by atomic mass is 16.3. The first-order chi connectivity index (χ1) is 21.5. The van der Waals surface area contributed by atoms with Crippen LogP contribution in [0.4, 0.5) is 0 Å². The van der Waals surface area contributed by atoms with Gasteiger partial charge in [0.1, 0.15) is 11.2 Å². The maximum atomic E-state index is 6.31. The molecule has 0 amide bonds. The smallest absolute Gasteiger partial charge is 0.160 e. The maximum Gasteiger partial charge on any atom is 0.160 e. The van der Waals surface area contributed by atoms with E-state index < -0.39 is 0 Å². The van der Waals surface area contributed by atoms with E-state index >= 15 is 0 Å². The molecule has 0 saturated carbocycles. The van der Waals surface area contributed by atoms with Crippen molar-refractivity contribution in [3.05, 3.63) is 145 Å². The highest BCUT2D eigenvalue weighted by Gasteiger charge is 2.35. The van der Waals surface area contributed by atoms with Gasteiger partial charge in [-0.05, 0) is 75.8 Å². The SMILES string of the molecule is CC1(C)c2ccccc2-c2ccc(-c3ccc4oc5ccc(-c6nc(-c7ccccc7)c7ccccc7n6)cc5c4c3)cc21. The normalized spacial score (nSPS) is 13.4. The number of benzene rings is 6. The molecule has 44 heavy (non-hydrogen) atoms. The third-order valence-corrected chi connectivity index (χ3v) is 9.29. The van der Waals surface area contributed by atoms with E-state index in [1.165, 1.54) is 33.4 Å². The predicted octanol–water partition coefficient (Wildman–Crippen LogP) is 10.8.